The molecule has 17 heavy (non-hydrogen) atoms. The van der Waals surface area contributed by atoms with Crippen molar-refractivity contribution >= 4 is 29.9 Å². The molecule has 0 saturated carbocycles. The molecule has 7 heteroatoms. The molecule has 6 nitrogen and oxygen atoms in total. The van der Waals surface area contributed by atoms with Crippen LogP contribution in [0, 0.1) is 0 Å². The quantitative estimate of drug-likeness (QED) is 0.480. The van der Waals surface area contributed by atoms with E-state index in [9.17, 15) is 0 Å². The summed E-state index contributed by atoms with van der Waals surface area (Å²) in [5.41, 5.74) is 0. The topological polar surface area (TPSA) is 67.1 Å². The van der Waals surface area contributed by atoms with Gasteiger partial charge in [0.25, 0.3) is 0 Å². The number of aryl methyl sites for hydroxylation is 1. The fourth-order valence-electron chi connectivity index (χ4n) is 1.17. The highest BCUT2D eigenvalue weighted by Crippen LogP contribution is 1.91. The summed E-state index contributed by atoms with van der Waals surface area (Å²) in [6, 6.07) is 0.408. The minimum atomic E-state index is 0. The molecule has 2 N–H and O–H groups in total. The zero-order chi connectivity index (χ0) is 12.0. The Balaban J connectivity index is 0.00000256. The molecule has 0 saturated heterocycles. The van der Waals surface area contributed by atoms with E-state index in [1.807, 2.05) is 7.05 Å². The molecule has 0 aromatic carbocycles. The second-order valence-corrected chi connectivity index (χ2v) is 3.68. The highest BCUT2D eigenvalue weighted by atomic mass is 127. The van der Waals surface area contributed by atoms with Crippen LogP contribution in [0.15, 0.2) is 11.3 Å². The largest absolute Gasteiger partial charge is 0.354 e. The minimum absolute atomic E-state index is 0. The fourth-order valence-corrected chi connectivity index (χ4v) is 1.17. The van der Waals surface area contributed by atoms with Crippen LogP contribution in [-0.4, -0.2) is 33.8 Å². The van der Waals surface area contributed by atoms with E-state index in [1.165, 1.54) is 0 Å². The summed E-state index contributed by atoms with van der Waals surface area (Å²) in [6.45, 7) is 4.87. The maximum Gasteiger partial charge on any atom is 0.191 e. The van der Waals surface area contributed by atoms with Crippen LogP contribution in [0.3, 0.4) is 0 Å². The van der Waals surface area contributed by atoms with E-state index in [0.717, 1.165) is 18.2 Å². The number of aromatic nitrogens is 3. The van der Waals surface area contributed by atoms with Crippen molar-refractivity contribution in [3.8, 4) is 0 Å². The summed E-state index contributed by atoms with van der Waals surface area (Å²) >= 11 is 0. The van der Waals surface area contributed by atoms with E-state index in [0.29, 0.717) is 12.6 Å². The van der Waals surface area contributed by atoms with Gasteiger partial charge in [-0.15, -0.1) is 24.0 Å². The lowest BCUT2D eigenvalue weighted by Crippen LogP contribution is -2.41. The second kappa shape index (κ2) is 8.26. The molecule has 0 aliphatic rings. The van der Waals surface area contributed by atoms with Gasteiger partial charge in [-0.25, -0.2) is 4.98 Å². The summed E-state index contributed by atoms with van der Waals surface area (Å²) in [5.74, 6) is 1.67. The van der Waals surface area contributed by atoms with E-state index >= 15 is 0 Å². The van der Waals surface area contributed by atoms with Gasteiger partial charge < -0.3 is 10.6 Å². The maximum absolute atomic E-state index is 4.14. The van der Waals surface area contributed by atoms with Crippen molar-refractivity contribution < 1.29 is 0 Å². The van der Waals surface area contributed by atoms with Gasteiger partial charge in [0, 0.05) is 20.1 Å². The summed E-state index contributed by atoms with van der Waals surface area (Å²) in [4.78, 5) is 8.27. The van der Waals surface area contributed by atoms with Gasteiger partial charge in [-0.2, -0.15) is 5.10 Å². The Hall–Kier alpha value is -0.860. The average Bonchev–Trinajstić information content (AvgIpc) is 2.69. The van der Waals surface area contributed by atoms with Crippen molar-refractivity contribution in [3.63, 3.8) is 0 Å². The molecule has 1 aromatic rings. The van der Waals surface area contributed by atoms with Crippen LogP contribution in [0.4, 0.5) is 0 Å². The SMILES string of the molecule is CCC(C)NC(=NC)NCc1ncnn1C.I. The van der Waals surface area contributed by atoms with E-state index < -0.39 is 0 Å². The molecule has 0 bridgehead atoms. The highest BCUT2D eigenvalue weighted by Gasteiger charge is 2.04. The second-order valence-electron chi connectivity index (χ2n) is 3.68. The molecule has 1 rings (SSSR count). The Morgan fingerprint density at radius 3 is 2.76 bits per heavy atom. The molecule has 0 spiro atoms. The third-order valence-corrected chi connectivity index (χ3v) is 2.44. The standard InChI is InChI=1S/C10H20N6.HI/c1-5-8(2)15-10(11-3)12-6-9-13-7-14-16(9)4;/h7-8H,5-6H2,1-4H3,(H2,11,12,15);1H. The van der Waals surface area contributed by atoms with Crippen molar-refractivity contribution in [2.45, 2.75) is 32.9 Å². The lowest BCUT2D eigenvalue weighted by atomic mass is 10.3. The van der Waals surface area contributed by atoms with E-state index in [2.05, 4.69) is 39.6 Å². The summed E-state index contributed by atoms with van der Waals surface area (Å²) in [7, 11) is 3.63. The van der Waals surface area contributed by atoms with Gasteiger partial charge in [0.2, 0.25) is 0 Å². The first-order chi connectivity index (χ1) is 7.67. The minimum Gasteiger partial charge on any atom is -0.354 e. The molecule has 1 atom stereocenters. The van der Waals surface area contributed by atoms with Crippen molar-refractivity contribution in [1.82, 2.24) is 25.4 Å². The zero-order valence-corrected chi connectivity index (χ0v) is 13.1. The van der Waals surface area contributed by atoms with Gasteiger partial charge in [0.05, 0.1) is 6.54 Å². The van der Waals surface area contributed by atoms with Crippen LogP contribution in [0.1, 0.15) is 26.1 Å². The van der Waals surface area contributed by atoms with Crippen LogP contribution in [0.2, 0.25) is 0 Å². The summed E-state index contributed by atoms with van der Waals surface area (Å²) in [5, 5.41) is 10.5. The molecule has 0 amide bonds. The zero-order valence-electron chi connectivity index (χ0n) is 10.8. The smallest absolute Gasteiger partial charge is 0.191 e. The van der Waals surface area contributed by atoms with E-state index in [-0.39, 0.29) is 24.0 Å². The monoisotopic (exact) mass is 352 g/mol. The lowest BCUT2D eigenvalue weighted by molar-refractivity contribution is 0.614. The van der Waals surface area contributed by atoms with Crippen LogP contribution in [0.5, 0.6) is 0 Å². The number of nitrogens with one attached hydrogen (secondary N) is 2. The molecule has 1 aromatic heterocycles. The fraction of sp³-hybridized carbons (Fsp3) is 0.700. The van der Waals surface area contributed by atoms with Crippen molar-refractivity contribution in [3.05, 3.63) is 12.2 Å². The number of rotatable bonds is 4. The summed E-state index contributed by atoms with van der Waals surface area (Å²) < 4.78 is 1.74. The Morgan fingerprint density at radius 1 is 1.59 bits per heavy atom. The number of hydrogen-bond acceptors (Lipinski definition) is 3. The lowest BCUT2D eigenvalue weighted by Gasteiger charge is -2.15. The van der Waals surface area contributed by atoms with Crippen molar-refractivity contribution in [1.29, 1.82) is 0 Å². The van der Waals surface area contributed by atoms with Crippen LogP contribution < -0.4 is 10.6 Å². The predicted octanol–water partition coefficient (Wildman–Crippen LogP) is 0.897. The molecule has 0 radical (unpaired) electrons. The predicted molar refractivity (Wildman–Crippen MR) is 79.5 cm³/mol. The molecule has 0 fully saturated rings. The molecule has 1 heterocycles. The van der Waals surface area contributed by atoms with Crippen LogP contribution in [-0.2, 0) is 13.6 Å². The van der Waals surface area contributed by atoms with Gasteiger partial charge in [0.1, 0.15) is 12.2 Å². The number of halogens is 1. The first-order valence-electron chi connectivity index (χ1n) is 5.47. The number of nitrogens with zero attached hydrogens (tertiary/aromatic N) is 4. The van der Waals surface area contributed by atoms with Crippen molar-refractivity contribution in [2.75, 3.05) is 7.05 Å². The van der Waals surface area contributed by atoms with Gasteiger partial charge in [-0.1, -0.05) is 6.92 Å². The molecule has 0 aliphatic carbocycles. The Labute approximate surface area is 119 Å². The average molecular weight is 352 g/mol. The third-order valence-electron chi connectivity index (χ3n) is 2.44. The molecular formula is C10H21IN6. The third kappa shape index (κ3) is 5.33. The maximum atomic E-state index is 4.14. The van der Waals surface area contributed by atoms with E-state index in [1.54, 1.807) is 18.1 Å². The van der Waals surface area contributed by atoms with Crippen LogP contribution >= 0.6 is 24.0 Å². The Morgan fingerprint density at radius 2 is 2.29 bits per heavy atom. The van der Waals surface area contributed by atoms with Crippen LogP contribution in [0.25, 0.3) is 0 Å². The van der Waals surface area contributed by atoms with Gasteiger partial charge in [0.15, 0.2) is 5.96 Å². The normalized spacial score (nSPS) is 12.8. The first-order valence-corrected chi connectivity index (χ1v) is 5.47. The Kier molecular flexibility index (Phi) is 7.85. The van der Waals surface area contributed by atoms with Gasteiger partial charge in [-0.05, 0) is 13.3 Å². The van der Waals surface area contributed by atoms with Crippen molar-refractivity contribution in [2.24, 2.45) is 12.0 Å². The number of hydrogen-bond donors (Lipinski definition) is 2. The summed E-state index contributed by atoms with van der Waals surface area (Å²) in [6.07, 6.45) is 2.60. The first kappa shape index (κ1) is 16.1. The molecule has 98 valence electrons. The molecular weight excluding hydrogens is 331 g/mol. The van der Waals surface area contributed by atoms with Gasteiger partial charge >= 0.3 is 0 Å². The van der Waals surface area contributed by atoms with E-state index in [4.69, 9.17) is 0 Å². The Bertz CT molecular complexity index is 348. The number of aliphatic imine (C=N–C) groups is 1. The van der Waals surface area contributed by atoms with Gasteiger partial charge in [-0.3, -0.25) is 9.67 Å². The molecule has 0 aliphatic heterocycles. The molecule has 1 unspecified atom stereocenters. The highest BCUT2D eigenvalue weighted by molar-refractivity contribution is 14.0. The number of guanidine groups is 1.